The van der Waals surface area contributed by atoms with Crippen LogP contribution in [0.3, 0.4) is 0 Å². The molecule has 0 aliphatic heterocycles. The van der Waals surface area contributed by atoms with Gasteiger partial charge in [-0.2, -0.15) is 0 Å². The van der Waals surface area contributed by atoms with Gasteiger partial charge in [0.25, 0.3) is 0 Å². The van der Waals surface area contributed by atoms with Crippen molar-refractivity contribution in [3.8, 4) is 0 Å². The molecule has 6 heteroatoms. The van der Waals surface area contributed by atoms with E-state index in [1.165, 1.54) is 12.1 Å². The smallest absolute Gasteiger partial charge is 0.310 e. The fourth-order valence-corrected chi connectivity index (χ4v) is 1.45. The minimum atomic E-state index is -1.54. The Balaban J connectivity index is 2.90. The minimum absolute atomic E-state index is 0.283. The van der Waals surface area contributed by atoms with Crippen LogP contribution in [0.1, 0.15) is 24.2 Å². The average Bonchev–Trinajstić information content (AvgIpc) is 2.27. The van der Waals surface area contributed by atoms with E-state index < -0.39 is 24.0 Å². The Hall–Kier alpha value is -1.69. The molecule has 5 nitrogen and oxygen atoms in total. The van der Waals surface area contributed by atoms with E-state index in [9.17, 15) is 14.4 Å². The first-order valence-corrected chi connectivity index (χ1v) is 5.83. The van der Waals surface area contributed by atoms with Crippen LogP contribution in [-0.2, 0) is 19.1 Å². The second kappa shape index (κ2) is 6.30. The number of esters is 2. The predicted molar refractivity (Wildman–Crippen MR) is 65.8 cm³/mol. The number of ether oxygens (including phenoxy) is 2. The molecule has 0 heterocycles. The van der Waals surface area contributed by atoms with Gasteiger partial charge in [-0.1, -0.05) is 15.9 Å². The van der Waals surface area contributed by atoms with Crippen molar-refractivity contribution in [2.75, 3.05) is 0 Å². The number of carbonyl (C=O) groups is 3. The molecule has 0 fully saturated rings. The first-order chi connectivity index (χ1) is 8.40. The third kappa shape index (κ3) is 4.29. The van der Waals surface area contributed by atoms with Gasteiger partial charge in [0, 0.05) is 23.9 Å². The van der Waals surface area contributed by atoms with Gasteiger partial charge in [0.05, 0.1) is 0 Å². The van der Waals surface area contributed by atoms with Crippen molar-refractivity contribution < 1.29 is 23.9 Å². The van der Waals surface area contributed by atoms with Gasteiger partial charge in [0.2, 0.25) is 5.78 Å². The Bertz CT molecular complexity index is 450. The van der Waals surface area contributed by atoms with E-state index in [0.29, 0.717) is 0 Å². The van der Waals surface area contributed by atoms with Gasteiger partial charge < -0.3 is 9.47 Å². The number of Topliss-reactive ketones (excluding diaryl/α,β-unsaturated/α-hetero) is 1. The van der Waals surface area contributed by atoms with Crippen molar-refractivity contribution in [2.45, 2.75) is 20.1 Å². The molecule has 0 saturated heterocycles. The molecule has 0 radical (unpaired) electrons. The zero-order chi connectivity index (χ0) is 13.7. The second-order valence-corrected chi connectivity index (χ2v) is 4.34. The predicted octanol–water partition coefficient (Wildman–Crippen LogP) is 2.08. The maximum absolute atomic E-state index is 12.0. The number of hydrogen-bond donors (Lipinski definition) is 0. The summed E-state index contributed by atoms with van der Waals surface area (Å²) in [6.07, 6.45) is -1.54. The molecule has 96 valence electrons. The maximum Gasteiger partial charge on any atom is 0.310 e. The van der Waals surface area contributed by atoms with Gasteiger partial charge in [-0.25, -0.2) is 0 Å². The van der Waals surface area contributed by atoms with Gasteiger partial charge in [0.1, 0.15) is 0 Å². The summed E-state index contributed by atoms with van der Waals surface area (Å²) < 4.78 is 10.1. The molecule has 0 aromatic heterocycles. The van der Waals surface area contributed by atoms with Crippen LogP contribution in [-0.4, -0.2) is 24.0 Å². The van der Waals surface area contributed by atoms with Crippen LogP contribution < -0.4 is 0 Å². The van der Waals surface area contributed by atoms with Gasteiger partial charge in [0.15, 0.2) is 0 Å². The SMILES string of the molecule is CC(=O)OC(OC(C)=O)C(=O)c1ccc(Br)cc1. The number of carbonyl (C=O) groups excluding carboxylic acids is 3. The summed E-state index contributed by atoms with van der Waals surface area (Å²) in [5, 5.41) is 0. The summed E-state index contributed by atoms with van der Waals surface area (Å²) in [6, 6.07) is 6.39. The normalized spacial score (nSPS) is 10.0. The van der Waals surface area contributed by atoms with E-state index in [-0.39, 0.29) is 5.56 Å². The third-order valence-electron chi connectivity index (χ3n) is 1.89. The molecule has 0 atom stereocenters. The molecule has 18 heavy (non-hydrogen) atoms. The van der Waals surface area contributed by atoms with Crippen molar-refractivity contribution in [1.29, 1.82) is 0 Å². The summed E-state index contributed by atoms with van der Waals surface area (Å²) in [4.78, 5) is 33.7. The summed E-state index contributed by atoms with van der Waals surface area (Å²) in [7, 11) is 0. The molecular formula is C12H11BrO5. The topological polar surface area (TPSA) is 69.7 Å². The number of halogens is 1. The number of hydrogen-bond acceptors (Lipinski definition) is 5. The molecule has 1 aromatic carbocycles. The summed E-state index contributed by atoms with van der Waals surface area (Å²) in [5.41, 5.74) is 0.283. The van der Waals surface area contributed by atoms with Crippen LogP contribution in [0.5, 0.6) is 0 Å². The third-order valence-corrected chi connectivity index (χ3v) is 2.42. The summed E-state index contributed by atoms with van der Waals surface area (Å²) in [6.45, 7) is 2.26. The molecule has 1 rings (SSSR count). The van der Waals surface area contributed by atoms with E-state index in [4.69, 9.17) is 0 Å². The first kappa shape index (κ1) is 14.4. The van der Waals surface area contributed by atoms with Crippen molar-refractivity contribution in [3.05, 3.63) is 34.3 Å². The van der Waals surface area contributed by atoms with Crippen LogP contribution in [0.25, 0.3) is 0 Å². The molecule has 1 aromatic rings. The van der Waals surface area contributed by atoms with E-state index >= 15 is 0 Å². The van der Waals surface area contributed by atoms with Gasteiger partial charge in [-0.05, 0) is 24.3 Å². The van der Waals surface area contributed by atoms with Crippen LogP contribution in [0, 0.1) is 0 Å². The quantitative estimate of drug-likeness (QED) is 0.483. The van der Waals surface area contributed by atoms with E-state index in [2.05, 4.69) is 25.4 Å². The molecule has 0 saturated carbocycles. The summed E-state index contributed by atoms with van der Waals surface area (Å²) in [5.74, 6) is -1.99. The average molecular weight is 315 g/mol. The molecule has 0 N–H and O–H groups in total. The van der Waals surface area contributed by atoms with Gasteiger partial charge >= 0.3 is 18.2 Å². The Labute approximate surface area is 112 Å². The molecule has 0 aliphatic carbocycles. The van der Waals surface area contributed by atoms with E-state index in [0.717, 1.165) is 18.3 Å². The van der Waals surface area contributed by atoms with Gasteiger partial charge in [-0.3, -0.25) is 14.4 Å². The maximum atomic E-state index is 12.0. The van der Waals surface area contributed by atoms with Crippen molar-refractivity contribution in [1.82, 2.24) is 0 Å². The van der Waals surface area contributed by atoms with Gasteiger partial charge in [-0.15, -0.1) is 0 Å². The fraction of sp³-hybridized carbons (Fsp3) is 0.250. The number of ketones is 1. The lowest BCUT2D eigenvalue weighted by Gasteiger charge is -2.15. The lowest BCUT2D eigenvalue weighted by atomic mass is 10.1. The van der Waals surface area contributed by atoms with Crippen LogP contribution in [0.2, 0.25) is 0 Å². The first-order valence-electron chi connectivity index (χ1n) is 5.04. The highest BCUT2D eigenvalue weighted by Gasteiger charge is 2.25. The largest absolute Gasteiger partial charge is 0.417 e. The highest BCUT2D eigenvalue weighted by Crippen LogP contribution is 2.14. The summed E-state index contributed by atoms with van der Waals surface area (Å²) >= 11 is 3.23. The minimum Gasteiger partial charge on any atom is -0.417 e. The van der Waals surface area contributed by atoms with Crippen molar-refractivity contribution in [3.63, 3.8) is 0 Å². The Morgan fingerprint density at radius 1 is 1.00 bits per heavy atom. The Morgan fingerprint density at radius 2 is 1.44 bits per heavy atom. The number of rotatable bonds is 4. The molecule has 0 aliphatic rings. The molecular weight excluding hydrogens is 304 g/mol. The molecule has 0 spiro atoms. The van der Waals surface area contributed by atoms with Crippen LogP contribution >= 0.6 is 15.9 Å². The molecule has 0 unspecified atom stereocenters. The van der Waals surface area contributed by atoms with Crippen molar-refractivity contribution in [2.24, 2.45) is 0 Å². The lowest BCUT2D eigenvalue weighted by molar-refractivity contribution is -0.176. The van der Waals surface area contributed by atoms with Crippen molar-refractivity contribution >= 4 is 33.7 Å². The zero-order valence-corrected chi connectivity index (χ0v) is 11.4. The lowest BCUT2D eigenvalue weighted by Crippen LogP contribution is -2.31. The fourth-order valence-electron chi connectivity index (χ4n) is 1.18. The molecule has 0 amide bonds. The second-order valence-electron chi connectivity index (χ2n) is 3.42. The zero-order valence-electron chi connectivity index (χ0n) is 9.81. The van der Waals surface area contributed by atoms with Crippen LogP contribution in [0.4, 0.5) is 0 Å². The van der Waals surface area contributed by atoms with Crippen LogP contribution in [0.15, 0.2) is 28.7 Å². The molecule has 0 bridgehead atoms. The monoisotopic (exact) mass is 314 g/mol. The standard InChI is InChI=1S/C12H11BrO5/c1-7(14)17-12(18-8(2)15)11(16)9-3-5-10(13)6-4-9/h3-6,12H,1-2H3. The number of benzene rings is 1. The highest BCUT2D eigenvalue weighted by molar-refractivity contribution is 9.10. The highest BCUT2D eigenvalue weighted by atomic mass is 79.9. The Morgan fingerprint density at radius 3 is 1.83 bits per heavy atom. The Kier molecular flexibility index (Phi) is 5.03. The van der Waals surface area contributed by atoms with E-state index in [1.807, 2.05) is 0 Å². The van der Waals surface area contributed by atoms with E-state index in [1.54, 1.807) is 12.1 Å².